The van der Waals surface area contributed by atoms with Gasteiger partial charge in [0.05, 0.1) is 22.5 Å². The second-order valence-electron chi connectivity index (χ2n) is 7.54. The first-order valence-electron chi connectivity index (χ1n) is 9.26. The van der Waals surface area contributed by atoms with E-state index in [2.05, 4.69) is 31.2 Å². The van der Waals surface area contributed by atoms with Gasteiger partial charge >= 0.3 is 0 Å². The summed E-state index contributed by atoms with van der Waals surface area (Å²) < 4.78 is 0. The molecule has 2 bridgehead atoms. The van der Waals surface area contributed by atoms with Gasteiger partial charge in [-0.15, -0.1) is 0 Å². The largest absolute Gasteiger partial charge is 0.274 e. The fourth-order valence-electron chi connectivity index (χ4n) is 5.01. The van der Waals surface area contributed by atoms with Gasteiger partial charge in [0.25, 0.3) is 0 Å². The van der Waals surface area contributed by atoms with Gasteiger partial charge in [-0.3, -0.25) is 9.59 Å². The number of imide groups is 1. The molecule has 1 aliphatic heterocycles. The summed E-state index contributed by atoms with van der Waals surface area (Å²) in [7, 11) is 0. The maximum absolute atomic E-state index is 13.3. The van der Waals surface area contributed by atoms with E-state index in [0.717, 1.165) is 11.1 Å². The fourth-order valence-corrected chi connectivity index (χ4v) is 5.38. The third-order valence-electron chi connectivity index (χ3n) is 6.20. The van der Waals surface area contributed by atoms with E-state index < -0.39 is 0 Å². The van der Waals surface area contributed by atoms with Crippen LogP contribution >= 0.6 is 23.2 Å². The summed E-state index contributed by atoms with van der Waals surface area (Å²) in [5.74, 6) is -1.20. The Morgan fingerprint density at radius 3 is 2.11 bits per heavy atom. The molecule has 0 spiro atoms. The van der Waals surface area contributed by atoms with Crippen LogP contribution in [0.1, 0.15) is 12.5 Å². The van der Waals surface area contributed by atoms with E-state index in [0.29, 0.717) is 15.7 Å². The van der Waals surface area contributed by atoms with Crippen molar-refractivity contribution in [3.05, 3.63) is 81.9 Å². The van der Waals surface area contributed by atoms with Gasteiger partial charge in [-0.1, -0.05) is 71.3 Å². The van der Waals surface area contributed by atoms with E-state index in [4.69, 9.17) is 23.2 Å². The standard InChI is InChI=1S/C23H17Cl2NO2/c1-12(13-5-3-2-4-6-13)19-15-8-9-16(19)21-20(15)22(27)26(23(21)28)18-11-14(24)7-10-17(18)25/h2-11,15-16,20-21H,1H3/t15-,16-,20-,21+/m1/s1. The first-order chi connectivity index (χ1) is 13.5. The third-order valence-corrected chi connectivity index (χ3v) is 6.76. The molecule has 0 aromatic heterocycles. The lowest BCUT2D eigenvalue weighted by Crippen LogP contribution is -2.33. The monoisotopic (exact) mass is 409 g/mol. The Bertz CT molecular complexity index is 1040. The molecule has 2 aliphatic carbocycles. The van der Waals surface area contributed by atoms with Crippen molar-refractivity contribution >= 4 is 46.3 Å². The summed E-state index contributed by atoms with van der Waals surface area (Å²) in [6.07, 6.45) is 4.17. The lowest BCUT2D eigenvalue weighted by Gasteiger charge is -2.21. The molecule has 0 unspecified atom stereocenters. The molecule has 28 heavy (non-hydrogen) atoms. The number of amides is 2. The minimum Gasteiger partial charge on any atom is -0.274 e. The van der Waals surface area contributed by atoms with Gasteiger partial charge in [0.1, 0.15) is 0 Å². The molecular formula is C23H17Cl2NO2. The zero-order valence-corrected chi connectivity index (χ0v) is 16.6. The first-order valence-corrected chi connectivity index (χ1v) is 10.0. The summed E-state index contributed by atoms with van der Waals surface area (Å²) in [6.45, 7) is 2.08. The number of rotatable bonds is 2. The Hall–Kier alpha value is -2.36. The number of carbonyl (C=O) groups is 2. The van der Waals surface area contributed by atoms with E-state index >= 15 is 0 Å². The van der Waals surface area contributed by atoms with Crippen LogP contribution in [0.3, 0.4) is 0 Å². The Labute approximate surface area is 173 Å². The van der Waals surface area contributed by atoms with E-state index in [1.54, 1.807) is 18.2 Å². The van der Waals surface area contributed by atoms with Crippen molar-refractivity contribution in [3.8, 4) is 0 Å². The van der Waals surface area contributed by atoms with Crippen LogP contribution in [-0.4, -0.2) is 11.8 Å². The Morgan fingerprint density at radius 1 is 0.893 bits per heavy atom. The molecule has 4 atom stereocenters. The van der Waals surface area contributed by atoms with Crippen LogP contribution in [0.4, 0.5) is 5.69 Å². The number of allylic oxidation sites excluding steroid dienone is 4. The Balaban J connectivity index is 1.57. The maximum Gasteiger partial charge on any atom is 0.238 e. The second-order valence-corrected chi connectivity index (χ2v) is 8.39. The van der Waals surface area contributed by atoms with Crippen molar-refractivity contribution < 1.29 is 9.59 Å². The molecule has 0 N–H and O–H groups in total. The van der Waals surface area contributed by atoms with Gasteiger partial charge < -0.3 is 0 Å². The Kier molecular flexibility index (Phi) is 4.01. The van der Waals surface area contributed by atoms with E-state index in [-0.39, 0.29) is 35.5 Å². The predicted octanol–water partition coefficient (Wildman–Crippen LogP) is 5.39. The SMILES string of the molecule is CC(=C1[C@H]2C=C[C@H]1[C@H]1C(=O)N(c3cc(Cl)ccc3Cl)C(=O)[C@H]12)c1ccccc1. The Morgan fingerprint density at radius 2 is 1.50 bits per heavy atom. The summed E-state index contributed by atoms with van der Waals surface area (Å²) in [5.41, 5.74) is 3.86. The number of hydrogen-bond acceptors (Lipinski definition) is 2. The lowest BCUT2D eigenvalue weighted by molar-refractivity contribution is -0.122. The van der Waals surface area contributed by atoms with E-state index in [1.165, 1.54) is 10.5 Å². The molecular weight excluding hydrogens is 393 g/mol. The van der Waals surface area contributed by atoms with Crippen molar-refractivity contribution in [1.82, 2.24) is 0 Å². The zero-order valence-electron chi connectivity index (χ0n) is 15.1. The topological polar surface area (TPSA) is 37.4 Å². The average molecular weight is 410 g/mol. The molecule has 1 saturated carbocycles. The molecule has 0 radical (unpaired) electrons. The summed E-state index contributed by atoms with van der Waals surface area (Å²) in [4.78, 5) is 27.8. The minimum absolute atomic E-state index is 0.0467. The quantitative estimate of drug-likeness (QED) is 0.492. The summed E-state index contributed by atoms with van der Waals surface area (Å²) in [6, 6.07) is 15.0. The third kappa shape index (κ3) is 2.36. The molecule has 5 heteroatoms. The highest BCUT2D eigenvalue weighted by atomic mass is 35.5. The molecule has 2 aromatic rings. The van der Waals surface area contributed by atoms with Crippen molar-refractivity contribution in [2.75, 3.05) is 4.90 Å². The highest BCUT2D eigenvalue weighted by Gasteiger charge is 2.62. The molecule has 1 saturated heterocycles. The lowest BCUT2D eigenvalue weighted by atomic mass is 9.85. The smallest absolute Gasteiger partial charge is 0.238 e. The number of anilines is 1. The highest BCUT2D eigenvalue weighted by molar-refractivity contribution is 6.38. The minimum atomic E-state index is -0.369. The van der Waals surface area contributed by atoms with Gasteiger partial charge in [-0.2, -0.15) is 0 Å². The van der Waals surface area contributed by atoms with Gasteiger partial charge in [-0.05, 0) is 36.3 Å². The number of hydrogen-bond donors (Lipinski definition) is 0. The molecule has 3 nitrogen and oxygen atoms in total. The van der Waals surface area contributed by atoms with Gasteiger partial charge in [0, 0.05) is 16.9 Å². The maximum atomic E-state index is 13.3. The van der Waals surface area contributed by atoms with Crippen molar-refractivity contribution in [2.45, 2.75) is 6.92 Å². The predicted molar refractivity (Wildman–Crippen MR) is 111 cm³/mol. The van der Waals surface area contributed by atoms with E-state index in [1.807, 2.05) is 18.2 Å². The van der Waals surface area contributed by atoms with Crippen LogP contribution in [0.15, 0.2) is 66.3 Å². The molecule has 5 rings (SSSR count). The highest BCUT2D eigenvalue weighted by Crippen LogP contribution is 2.58. The van der Waals surface area contributed by atoms with Crippen LogP contribution < -0.4 is 4.90 Å². The normalized spacial score (nSPS) is 29.6. The molecule has 2 amide bonds. The number of halogens is 2. The zero-order chi connectivity index (χ0) is 19.6. The average Bonchev–Trinajstić information content (AvgIpc) is 3.34. The molecule has 2 fully saturated rings. The van der Waals surface area contributed by atoms with E-state index in [9.17, 15) is 9.59 Å². The van der Waals surface area contributed by atoms with Crippen LogP contribution in [0.5, 0.6) is 0 Å². The van der Waals surface area contributed by atoms with Crippen molar-refractivity contribution in [3.63, 3.8) is 0 Å². The van der Waals surface area contributed by atoms with Crippen molar-refractivity contribution in [2.24, 2.45) is 23.7 Å². The van der Waals surface area contributed by atoms with Crippen LogP contribution in [0.25, 0.3) is 5.57 Å². The second kappa shape index (κ2) is 6.33. The molecule has 140 valence electrons. The summed E-state index contributed by atoms with van der Waals surface area (Å²) in [5, 5.41) is 0.793. The van der Waals surface area contributed by atoms with Crippen LogP contribution in [0, 0.1) is 23.7 Å². The van der Waals surface area contributed by atoms with Crippen LogP contribution in [-0.2, 0) is 9.59 Å². The number of fused-ring (bicyclic) bond motifs is 5. The van der Waals surface area contributed by atoms with Crippen molar-refractivity contribution in [1.29, 1.82) is 0 Å². The molecule has 3 aliphatic rings. The molecule has 2 aromatic carbocycles. The fraction of sp³-hybridized carbons (Fsp3) is 0.217. The summed E-state index contributed by atoms with van der Waals surface area (Å²) >= 11 is 12.4. The van der Waals surface area contributed by atoms with Crippen LogP contribution in [0.2, 0.25) is 10.0 Å². The first kappa shape index (κ1) is 17.7. The van der Waals surface area contributed by atoms with Gasteiger partial charge in [0.15, 0.2) is 0 Å². The van der Waals surface area contributed by atoms with Gasteiger partial charge in [0.2, 0.25) is 11.8 Å². The number of benzene rings is 2. The van der Waals surface area contributed by atoms with Gasteiger partial charge in [-0.25, -0.2) is 4.90 Å². The molecule has 1 heterocycles. The number of nitrogens with zero attached hydrogens (tertiary/aromatic N) is 1. The number of carbonyl (C=O) groups excluding carboxylic acids is 2.